The van der Waals surface area contributed by atoms with Crippen LogP contribution in [-0.2, 0) is 4.79 Å². The molecule has 2 saturated heterocycles. The van der Waals surface area contributed by atoms with Crippen LogP contribution in [0.25, 0.3) is 0 Å². The summed E-state index contributed by atoms with van der Waals surface area (Å²) < 4.78 is 0. The number of benzene rings is 1. The predicted octanol–water partition coefficient (Wildman–Crippen LogP) is 1.77. The average Bonchev–Trinajstić information content (AvgIpc) is 2.63. The van der Waals surface area contributed by atoms with Crippen molar-refractivity contribution in [1.29, 1.82) is 0 Å². The lowest BCUT2D eigenvalue weighted by Gasteiger charge is -2.36. The summed E-state index contributed by atoms with van der Waals surface area (Å²) in [4.78, 5) is 17.4. The van der Waals surface area contributed by atoms with Crippen molar-refractivity contribution in [2.45, 2.75) is 19.8 Å². The number of nitrogens with one attached hydrogen (secondary N) is 2. The van der Waals surface area contributed by atoms with Gasteiger partial charge in [0, 0.05) is 32.7 Å². The van der Waals surface area contributed by atoms with E-state index in [1.54, 1.807) is 0 Å². The van der Waals surface area contributed by atoms with E-state index < -0.39 is 0 Å². The fourth-order valence-corrected chi connectivity index (χ4v) is 3.47. The van der Waals surface area contributed by atoms with Crippen LogP contribution >= 0.6 is 0 Å². The lowest BCUT2D eigenvalue weighted by molar-refractivity contribution is -0.120. The maximum atomic E-state index is 12.5. The number of likely N-dealkylation sites (N-methyl/N-ethyl adjacent to an activating group) is 1. The van der Waals surface area contributed by atoms with E-state index in [-0.39, 0.29) is 11.8 Å². The Morgan fingerprint density at radius 3 is 2.74 bits per heavy atom. The Bertz CT molecular complexity index is 520. The normalized spacial score (nSPS) is 22.8. The molecule has 2 heterocycles. The summed E-state index contributed by atoms with van der Waals surface area (Å²) in [5, 5.41) is 6.48. The second-order valence-corrected chi connectivity index (χ2v) is 6.47. The Labute approximate surface area is 139 Å². The molecular formula is C18H28N4O. The van der Waals surface area contributed by atoms with E-state index >= 15 is 0 Å². The number of anilines is 2. The van der Waals surface area contributed by atoms with Gasteiger partial charge in [0.25, 0.3) is 0 Å². The molecule has 2 fully saturated rings. The van der Waals surface area contributed by atoms with Crippen LogP contribution in [0.15, 0.2) is 24.3 Å². The zero-order valence-electron chi connectivity index (χ0n) is 14.1. The molecule has 0 aliphatic carbocycles. The second kappa shape index (κ2) is 7.79. The molecule has 1 amide bonds. The molecular weight excluding hydrogens is 288 g/mol. The molecule has 0 spiro atoms. The Morgan fingerprint density at radius 1 is 1.26 bits per heavy atom. The Morgan fingerprint density at radius 2 is 2.04 bits per heavy atom. The third-order valence-electron chi connectivity index (χ3n) is 4.99. The number of para-hydroxylation sites is 2. The fourth-order valence-electron chi connectivity index (χ4n) is 3.47. The highest BCUT2D eigenvalue weighted by Gasteiger charge is 2.23. The Balaban J connectivity index is 1.67. The summed E-state index contributed by atoms with van der Waals surface area (Å²) >= 11 is 0. The van der Waals surface area contributed by atoms with Gasteiger partial charge in [0.15, 0.2) is 0 Å². The highest BCUT2D eigenvalue weighted by Crippen LogP contribution is 2.27. The largest absolute Gasteiger partial charge is 0.367 e. The minimum atomic E-state index is 0.0914. The first-order valence-electron chi connectivity index (χ1n) is 8.86. The molecule has 126 valence electrons. The quantitative estimate of drug-likeness (QED) is 0.889. The number of carbonyl (C=O) groups is 1. The van der Waals surface area contributed by atoms with Crippen LogP contribution in [0.1, 0.15) is 19.8 Å². The maximum Gasteiger partial charge on any atom is 0.228 e. The topological polar surface area (TPSA) is 47.6 Å². The van der Waals surface area contributed by atoms with E-state index in [9.17, 15) is 4.79 Å². The first kappa shape index (κ1) is 16.3. The van der Waals surface area contributed by atoms with Crippen molar-refractivity contribution in [3.63, 3.8) is 0 Å². The van der Waals surface area contributed by atoms with E-state index in [0.29, 0.717) is 0 Å². The van der Waals surface area contributed by atoms with E-state index in [1.807, 2.05) is 12.1 Å². The second-order valence-electron chi connectivity index (χ2n) is 6.47. The third-order valence-corrected chi connectivity index (χ3v) is 4.99. The zero-order valence-corrected chi connectivity index (χ0v) is 14.1. The number of carbonyl (C=O) groups excluding carboxylic acids is 1. The summed E-state index contributed by atoms with van der Waals surface area (Å²) in [6, 6.07) is 8.20. The monoisotopic (exact) mass is 316 g/mol. The van der Waals surface area contributed by atoms with Crippen LogP contribution in [-0.4, -0.2) is 56.6 Å². The smallest absolute Gasteiger partial charge is 0.228 e. The highest BCUT2D eigenvalue weighted by molar-refractivity contribution is 5.96. The highest BCUT2D eigenvalue weighted by atomic mass is 16.1. The lowest BCUT2D eigenvalue weighted by atomic mass is 9.98. The number of rotatable bonds is 4. The van der Waals surface area contributed by atoms with Crippen molar-refractivity contribution in [3.8, 4) is 0 Å². The summed E-state index contributed by atoms with van der Waals surface area (Å²) in [6.45, 7) is 9.36. The van der Waals surface area contributed by atoms with Crippen LogP contribution in [0.2, 0.25) is 0 Å². The van der Waals surface area contributed by atoms with E-state index in [2.05, 4.69) is 39.5 Å². The molecule has 2 aliphatic rings. The maximum absolute atomic E-state index is 12.5. The third kappa shape index (κ3) is 4.03. The van der Waals surface area contributed by atoms with Gasteiger partial charge in [-0.25, -0.2) is 0 Å². The van der Waals surface area contributed by atoms with Crippen LogP contribution < -0.4 is 15.5 Å². The number of piperidine rings is 1. The minimum absolute atomic E-state index is 0.0914. The molecule has 3 rings (SSSR count). The van der Waals surface area contributed by atoms with Crippen LogP contribution in [0.5, 0.6) is 0 Å². The first-order chi connectivity index (χ1) is 11.3. The molecule has 2 N–H and O–H groups in total. The Kier molecular flexibility index (Phi) is 5.51. The minimum Gasteiger partial charge on any atom is -0.367 e. The van der Waals surface area contributed by atoms with Crippen molar-refractivity contribution in [2.75, 3.05) is 56.0 Å². The molecule has 1 aromatic carbocycles. The van der Waals surface area contributed by atoms with Gasteiger partial charge in [-0.15, -0.1) is 0 Å². The molecule has 0 bridgehead atoms. The van der Waals surface area contributed by atoms with E-state index in [4.69, 9.17) is 0 Å². The van der Waals surface area contributed by atoms with Gasteiger partial charge in [-0.2, -0.15) is 0 Å². The molecule has 5 heteroatoms. The van der Waals surface area contributed by atoms with Gasteiger partial charge in [0.2, 0.25) is 5.91 Å². The van der Waals surface area contributed by atoms with Crippen molar-refractivity contribution < 1.29 is 4.79 Å². The molecule has 0 radical (unpaired) electrons. The molecule has 0 aromatic heterocycles. The molecule has 1 aromatic rings. The van der Waals surface area contributed by atoms with Gasteiger partial charge >= 0.3 is 0 Å². The predicted molar refractivity (Wildman–Crippen MR) is 95.0 cm³/mol. The number of hydrogen-bond acceptors (Lipinski definition) is 4. The standard InChI is InChI=1S/C18H28N4O/c1-2-21-10-12-22(13-11-21)17-8-4-3-7-16(17)20-18(23)15-6-5-9-19-14-15/h3-4,7-8,15,19H,2,5-6,9-14H2,1H3,(H,20,23). The van der Waals surface area contributed by atoms with Crippen molar-refractivity contribution in [2.24, 2.45) is 5.92 Å². The lowest BCUT2D eigenvalue weighted by Crippen LogP contribution is -2.46. The fraction of sp³-hybridized carbons (Fsp3) is 0.611. The summed E-state index contributed by atoms with van der Waals surface area (Å²) in [5.74, 6) is 0.241. The number of hydrogen-bond donors (Lipinski definition) is 2. The first-order valence-corrected chi connectivity index (χ1v) is 8.86. The Hall–Kier alpha value is -1.59. The van der Waals surface area contributed by atoms with Crippen LogP contribution in [0.4, 0.5) is 11.4 Å². The van der Waals surface area contributed by atoms with Crippen LogP contribution in [0, 0.1) is 5.92 Å². The number of piperazine rings is 1. The van der Waals surface area contributed by atoms with E-state index in [0.717, 1.165) is 70.0 Å². The van der Waals surface area contributed by atoms with Crippen molar-refractivity contribution in [3.05, 3.63) is 24.3 Å². The zero-order chi connectivity index (χ0) is 16.1. The van der Waals surface area contributed by atoms with Crippen molar-refractivity contribution in [1.82, 2.24) is 10.2 Å². The van der Waals surface area contributed by atoms with Gasteiger partial charge in [0.05, 0.1) is 17.3 Å². The van der Waals surface area contributed by atoms with E-state index in [1.165, 1.54) is 0 Å². The average molecular weight is 316 g/mol. The molecule has 5 nitrogen and oxygen atoms in total. The van der Waals surface area contributed by atoms with Crippen molar-refractivity contribution >= 4 is 17.3 Å². The number of amides is 1. The van der Waals surface area contributed by atoms with Gasteiger partial charge in [-0.3, -0.25) is 4.79 Å². The number of nitrogens with zero attached hydrogens (tertiary/aromatic N) is 2. The van der Waals surface area contributed by atoms with Gasteiger partial charge in [-0.05, 0) is 38.1 Å². The molecule has 23 heavy (non-hydrogen) atoms. The SMILES string of the molecule is CCN1CCN(c2ccccc2NC(=O)C2CCCNC2)CC1. The summed E-state index contributed by atoms with van der Waals surface area (Å²) in [5.41, 5.74) is 2.10. The molecule has 1 atom stereocenters. The van der Waals surface area contributed by atoms with Crippen LogP contribution in [0.3, 0.4) is 0 Å². The molecule has 1 unspecified atom stereocenters. The molecule has 2 aliphatic heterocycles. The summed E-state index contributed by atoms with van der Waals surface area (Å²) in [6.07, 6.45) is 2.06. The molecule has 0 saturated carbocycles. The van der Waals surface area contributed by atoms with Gasteiger partial charge in [0.1, 0.15) is 0 Å². The van der Waals surface area contributed by atoms with Gasteiger partial charge in [-0.1, -0.05) is 19.1 Å². The van der Waals surface area contributed by atoms with Gasteiger partial charge < -0.3 is 20.4 Å². The summed E-state index contributed by atoms with van der Waals surface area (Å²) in [7, 11) is 0.